The second-order valence-electron chi connectivity index (χ2n) is 6.74. The van der Waals surface area contributed by atoms with Gasteiger partial charge in [0.05, 0.1) is 27.8 Å². The van der Waals surface area contributed by atoms with E-state index in [9.17, 15) is 18.3 Å². The van der Waals surface area contributed by atoms with Crippen LogP contribution in [0.1, 0.15) is 23.2 Å². The van der Waals surface area contributed by atoms with Crippen molar-refractivity contribution in [1.82, 2.24) is 9.88 Å². The summed E-state index contributed by atoms with van der Waals surface area (Å²) in [6, 6.07) is 10.8. The number of nitrogens with one attached hydrogen (secondary N) is 1. The maximum absolute atomic E-state index is 12.8. The molecule has 0 saturated carbocycles. The van der Waals surface area contributed by atoms with Crippen LogP contribution in [0.3, 0.4) is 0 Å². The van der Waals surface area contributed by atoms with Gasteiger partial charge >= 0.3 is 0 Å². The fraction of sp³-hybridized carbons (Fsp3) is 0.263. The molecule has 1 atom stereocenters. The number of aromatic nitrogens is 1. The average molecular weight is 452 g/mol. The van der Waals surface area contributed by atoms with Gasteiger partial charge in [-0.2, -0.15) is 0 Å². The van der Waals surface area contributed by atoms with Crippen molar-refractivity contribution in [3.8, 4) is 0 Å². The molecule has 0 spiro atoms. The third-order valence-electron chi connectivity index (χ3n) is 4.83. The van der Waals surface area contributed by atoms with Crippen molar-refractivity contribution in [3.63, 3.8) is 0 Å². The van der Waals surface area contributed by atoms with E-state index in [1.165, 1.54) is 24.3 Å². The number of hydrogen-bond donors (Lipinski definition) is 2. The highest BCUT2D eigenvalue weighted by molar-refractivity contribution is 7.93. The molecule has 1 unspecified atom stereocenters. The van der Waals surface area contributed by atoms with Crippen molar-refractivity contribution >= 4 is 54.2 Å². The molecule has 10 heteroatoms. The van der Waals surface area contributed by atoms with Crippen molar-refractivity contribution in [2.24, 2.45) is 0 Å². The van der Waals surface area contributed by atoms with Gasteiger partial charge in [0.15, 0.2) is 5.13 Å². The van der Waals surface area contributed by atoms with Gasteiger partial charge in [-0.15, -0.1) is 0 Å². The van der Waals surface area contributed by atoms with Crippen molar-refractivity contribution < 1.29 is 18.3 Å². The van der Waals surface area contributed by atoms with Gasteiger partial charge in [0.2, 0.25) is 0 Å². The summed E-state index contributed by atoms with van der Waals surface area (Å²) >= 11 is 6.97. The molecule has 2 N–H and O–H groups in total. The van der Waals surface area contributed by atoms with Crippen LogP contribution < -0.4 is 4.72 Å². The maximum Gasteiger partial charge on any atom is 0.263 e. The lowest BCUT2D eigenvalue weighted by atomic mass is 10.1. The molecule has 0 aliphatic carbocycles. The molecule has 1 fully saturated rings. The summed E-state index contributed by atoms with van der Waals surface area (Å²) in [4.78, 5) is 18.9. The first kappa shape index (κ1) is 20.1. The normalized spacial score (nSPS) is 17.0. The molecule has 4 rings (SSSR count). The number of rotatable bonds is 5. The first-order valence-corrected chi connectivity index (χ1v) is 11.7. The van der Waals surface area contributed by atoms with Gasteiger partial charge < -0.3 is 10.0 Å². The monoisotopic (exact) mass is 451 g/mol. The number of aliphatic hydroxyl groups is 1. The summed E-state index contributed by atoms with van der Waals surface area (Å²) in [5, 5.41) is 10.1. The Morgan fingerprint density at radius 1 is 1.28 bits per heavy atom. The van der Waals surface area contributed by atoms with E-state index in [1.807, 2.05) is 0 Å². The van der Waals surface area contributed by atoms with Crippen LogP contribution in [0.2, 0.25) is 5.02 Å². The van der Waals surface area contributed by atoms with Crippen LogP contribution in [0.5, 0.6) is 0 Å². The molecular formula is C19H18ClN3O4S2. The van der Waals surface area contributed by atoms with Gasteiger partial charge in [-0.3, -0.25) is 9.52 Å². The number of halogens is 1. The zero-order valence-electron chi connectivity index (χ0n) is 15.2. The lowest BCUT2D eigenvalue weighted by Crippen LogP contribution is -2.37. The zero-order chi connectivity index (χ0) is 20.6. The summed E-state index contributed by atoms with van der Waals surface area (Å²) in [5.41, 5.74) is 1.09. The number of carbonyl (C=O) groups is 1. The quantitative estimate of drug-likeness (QED) is 0.619. The number of nitrogens with zero attached hydrogens (tertiary/aromatic N) is 2. The van der Waals surface area contributed by atoms with Crippen LogP contribution in [0.15, 0.2) is 47.4 Å². The molecule has 29 heavy (non-hydrogen) atoms. The molecule has 152 valence electrons. The predicted molar refractivity (Wildman–Crippen MR) is 113 cm³/mol. The van der Waals surface area contributed by atoms with Crippen molar-refractivity contribution in [2.75, 3.05) is 17.9 Å². The smallest absolute Gasteiger partial charge is 0.263 e. The van der Waals surface area contributed by atoms with Crippen LogP contribution in [0, 0.1) is 0 Å². The van der Waals surface area contributed by atoms with Crippen molar-refractivity contribution in [3.05, 3.63) is 53.1 Å². The van der Waals surface area contributed by atoms with E-state index in [0.717, 1.165) is 24.2 Å². The van der Waals surface area contributed by atoms with Gasteiger partial charge in [-0.25, -0.2) is 13.4 Å². The number of aliphatic hydroxyl groups excluding tert-OH is 1. The van der Waals surface area contributed by atoms with E-state index in [2.05, 4.69) is 9.71 Å². The Kier molecular flexibility index (Phi) is 5.48. The molecular weight excluding hydrogens is 434 g/mol. The highest BCUT2D eigenvalue weighted by Gasteiger charge is 2.29. The van der Waals surface area contributed by atoms with E-state index in [4.69, 9.17) is 11.6 Å². The van der Waals surface area contributed by atoms with Gasteiger partial charge in [-0.05, 0) is 55.3 Å². The lowest BCUT2D eigenvalue weighted by molar-refractivity contribution is 0.0678. The maximum atomic E-state index is 12.8. The van der Waals surface area contributed by atoms with E-state index < -0.39 is 10.0 Å². The summed E-state index contributed by atoms with van der Waals surface area (Å²) in [6.07, 6.45) is 1.66. The molecule has 0 bridgehead atoms. The highest BCUT2D eigenvalue weighted by atomic mass is 35.5. The SMILES string of the molecule is O=C(c1ccc2nc(NS(=O)(=O)c3ccc(Cl)cc3)sc2c1)N1CCCC1CO. The van der Waals surface area contributed by atoms with E-state index in [0.29, 0.717) is 27.3 Å². The number of likely N-dealkylation sites (tertiary alicyclic amines) is 1. The minimum Gasteiger partial charge on any atom is -0.394 e. The summed E-state index contributed by atoms with van der Waals surface area (Å²) in [7, 11) is -3.79. The van der Waals surface area contributed by atoms with Gasteiger partial charge in [-0.1, -0.05) is 22.9 Å². The number of carbonyl (C=O) groups excluding carboxylic acids is 1. The average Bonchev–Trinajstić information content (AvgIpc) is 3.32. The summed E-state index contributed by atoms with van der Waals surface area (Å²) in [5.74, 6) is -0.139. The zero-order valence-corrected chi connectivity index (χ0v) is 17.6. The van der Waals surface area contributed by atoms with Crippen LogP contribution in [0.4, 0.5) is 5.13 Å². The number of anilines is 1. The molecule has 1 aliphatic rings. The van der Waals surface area contributed by atoms with Crippen LogP contribution in [-0.4, -0.2) is 48.5 Å². The molecule has 0 radical (unpaired) electrons. The van der Waals surface area contributed by atoms with E-state index in [1.54, 1.807) is 23.1 Å². The van der Waals surface area contributed by atoms with Crippen molar-refractivity contribution in [2.45, 2.75) is 23.8 Å². The summed E-state index contributed by atoms with van der Waals surface area (Å²) < 4.78 is 28.2. The standard InChI is InChI=1S/C19H18ClN3O4S2/c20-13-4-6-15(7-5-13)29(26,27)22-19-21-16-8-3-12(10-17(16)28-19)18(25)23-9-1-2-14(23)11-24/h3-8,10,14,24H,1-2,9,11H2,(H,21,22). The van der Waals surface area contributed by atoms with E-state index in [-0.39, 0.29) is 28.6 Å². The lowest BCUT2D eigenvalue weighted by Gasteiger charge is -2.23. The Morgan fingerprint density at radius 3 is 2.76 bits per heavy atom. The third kappa shape index (κ3) is 4.09. The second-order valence-corrected chi connectivity index (χ2v) is 9.89. The predicted octanol–water partition coefficient (Wildman–Crippen LogP) is 3.35. The number of amides is 1. The number of sulfonamides is 1. The number of thiazole rings is 1. The minimum absolute atomic E-state index is 0.0504. The number of fused-ring (bicyclic) bond motifs is 1. The fourth-order valence-electron chi connectivity index (χ4n) is 3.35. The molecule has 1 saturated heterocycles. The number of hydrogen-bond acceptors (Lipinski definition) is 6. The largest absolute Gasteiger partial charge is 0.394 e. The molecule has 3 aromatic rings. The second kappa shape index (κ2) is 7.91. The molecule has 7 nitrogen and oxygen atoms in total. The van der Waals surface area contributed by atoms with Gasteiger partial charge in [0.1, 0.15) is 0 Å². The Labute approximate surface area is 177 Å². The molecule has 1 amide bonds. The number of benzene rings is 2. The van der Waals surface area contributed by atoms with Gasteiger partial charge in [0.25, 0.3) is 15.9 Å². The first-order chi connectivity index (χ1) is 13.9. The molecule has 2 aromatic carbocycles. The minimum atomic E-state index is -3.79. The Morgan fingerprint density at radius 2 is 2.03 bits per heavy atom. The molecule has 1 aromatic heterocycles. The van der Waals surface area contributed by atoms with Crippen LogP contribution in [-0.2, 0) is 10.0 Å². The molecule has 2 heterocycles. The third-order valence-corrected chi connectivity index (χ3v) is 7.50. The van der Waals surface area contributed by atoms with Crippen molar-refractivity contribution in [1.29, 1.82) is 0 Å². The fourth-order valence-corrected chi connectivity index (χ4v) is 5.61. The summed E-state index contributed by atoms with van der Waals surface area (Å²) in [6.45, 7) is 0.572. The van der Waals surface area contributed by atoms with E-state index >= 15 is 0 Å². The molecule has 1 aliphatic heterocycles. The Hall–Kier alpha value is -2.20. The van der Waals surface area contributed by atoms with Crippen LogP contribution >= 0.6 is 22.9 Å². The van der Waals surface area contributed by atoms with Gasteiger partial charge in [0, 0.05) is 17.1 Å². The topological polar surface area (TPSA) is 99.6 Å². The highest BCUT2D eigenvalue weighted by Crippen LogP contribution is 2.30. The Balaban J connectivity index is 1.58. The Bertz CT molecular complexity index is 1160. The van der Waals surface area contributed by atoms with Crippen LogP contribution in [0.25, 0.3) is 10.2 Å². The first-order valence-electron chi connectivity index (χ1n) is 8.98.